The highest BCUT2D eigenvalue weighted by Gasteiger charge is 2.04. The molecule has 0 saturated carbocycles. The first kappa shape index (κ1) is 13.0. The first-order valence-electron chi connectivity index (χ1n) is 6.09. The van der Waals surface area contributed by atoms with Gasteiger partial charge in [-0.15, -0.1) is 0 Å². The summed E-state index contributed by atoms with van der Waals surface area (Å²) in [4.78, 5) is 18.9. The summed E-state index contributed by atoms with van der Waals surface area (Å²) in [5.74, 6) is 0.00312. The third kappa shape index (κ3) is 3.28. The van der Waals surface area contributed by atoms with Gasteiger partial charge >= 0.3 is 5.97 Å². The lowest BCUT2D eigenvalue weighted by Gasteiger charge is -2.07. The number of carbonyl (C=O) groups is 1. The normalized spacial score (nSPS) is 11.0. The van der Waals surface area contributed by atoms with Crippen LogP contribution >= 0.6 is 0 Å². The molecule has 0 radical (unpaired) electrons. The van der Waals surface area contributed by atoms with E-state index in [1.54, 1.807) is 18.6 Å². The fourth-order valence-electron chi connectivity index (χ4n) is 1.81. The second-order valence-electron chi connectivity index (χ2n) is 4.11. The van der Waals surface area contributed by atoms with Gasteiger partial charge in [0.15, 0.2) is 0 Å². The molecular formula is C14H15N3O2. The number of pyridine rings is 1. The van der Waals surface area contributed by atoms with Gasteiger partial charge < -0.3 is 9.67 Å². The molecule has 1 N–H and O–H groups in total. The van der Waals surface area contributed by atoms with Crippen LogP contribution in [-0.4, -0.2) is 25.6 Å². The van der Waals surface area contributed by atoms with Gasteiger partial charge in [-0.2, -0.15) is 0 Å². The van der Waals surface area contributed by atoms with Crippen molar-refractivity contribution in [3.63, 3.8) is 0 Å². The Hall–Kier alpha value is -2.43. The smallest absolute Gasteiger partial charge is 0.328 e. The number of hydrogen-bond donors (Lipinski definition) is 1. The van der Waals surface area contributed by atoms with E-state index in [1.807, 2.05) is 16.8 Å². The lowest BCUT2D eigenvalue weighted by Crippen LogP contribution is -2.01. The van der Waals surface area contributed by atoms with E-state index in [0.29, 0.717) is 0 Å². The monoisotopic (exact) mass is 257 g/mol. The predicted octanol–water partition coefficient (Wildman–Crippen LogP) is 2.32. The average Bonchev–Trinajstić information content (AvgIpc) is 2.85. The Labute approximate surface area is 111 Å². The summed E-state index contributed by atoms with van der Waals surface area (Å²) in [6, 6.07) is 1.88. The Morgan fingerprint density at radius 3 is 3.05 bits per heavy atom. The Bertz CT molecular complexity index is 602. The van der Waals surface area contributed by atoms with E-state index < -0.39 is 5.97 Å². The summed E-state index contributed by atoms with van der Waals surface area (Å²) < 4.78 is 1.97. The largest absolute Gasteiger partial charge is 0.478 e. The van der Waals surface area contributed by atoms with Gasteiger partial charge in [0.1, 0.15) is 5.82 Å². The Kier molecular flexibility index (Phi) is 4.07. The minimum atomic E-state index is -0.972. The third-order valence-electron chi connectivity index (χ3n) is 2.63. The molecule has 2 rings (SSSR count). The summed E-state index contributed by atoms with van der Waals surface area (Å²) in [5, 5.41) is 8.62. The van der Waals surface area contributed by atoms with Gasteiger partial charge in [0.05, 0.1) is 11.9 Å². The van der Waals surface area contributed by atoms with Crippen molar-refractivity contribution in [3.8, 4) is 5.69 Å². The van der Waals surface area contributed by atoms with Gasteiger partial charge in [0.2, 0.25) is 0 Å². The topological polar surface area (TPSA) is 68.0 Å². The summed E-state index contributed by atoms with van der Waals surface area (Å²) in [5.41, 5.74) is 1.63. The maximum absolute atomic E-state index is 10.5. The molecule has 0 saturated heterocycles. The molecule has 2 aromatic rings. The molecule has 0 unspecified atom stereocenters. The quantitative estimate of drug-likeness (QED) is 0.835. The van der Waals surface area contributed by atoms with E-state index in [1.165, 1.54) is 6.08 Å². The molecule has 0 aliphatic carbocycles. The summed E-state index contributed by atoms with van der Waals surface area (Å²) in [6.07, 6.45) is 11.5. The van der Waals surface area contributed by atoms with Crippen molar-refractivity contribution in [1.82, 2.24) is 14.5 Å². The molecule has 98 valence electrons. The minimum absolute atomic E-state index is 0.746. The zero-order valence-corrected chi connectivity index (χ0v) is 10.7. The van der Waals surface area contributed by atoms with Gasteiger partial charge in [-0.1, -0.05) is 6.92 Å². The van der Waals surface area contributed by atoms with Crippen LogP contribution in [0.25, 0.3) is 11.8 Å². The molecule has 0 aliphatic rings. The number of carboxylic acids is 1. The van der Waals surface area contributed by atoms with Crippen molar-refractivity contribution in [2.75, 3.05) is 0 Å². The van der Waals surface area contributed by atoms with E-state index in [2.05, 4.69) is 16.9 Å². The van der Waals surface area contributed by atoms with Crippen LogP contribution in [0.4, 0.5) is 0 Å². The van der Waals surface area contributed by atoms with Gasteiger partial charge in [-0.05, 0) is 24.1 Å². The number of hydrogen-bond acceptors (Lipinski definition) is 3. The van der Waals surface area contributed by atoms with Gasteiger partial charge in [-0.25, -0.2) is 9.78 Å². The summed E-state index contributed by atoms with van der Waals surface area (Å²) in [6.45, 7) is 2.10. The van der Waals surface area contributed by atoms with Crippen molar-refractivity contribution in [3.05, 3.63) is 48.3 Å². The van der Waals surface area contributed by atoms with E-state index >= 15 is 0 Å². The van der Waals surface area contributed by atoms with Crippen LogP contribution in [0.15, 0.2) is 36.9 Å². The SMILES string of the molecule is CCCc1nccn1-c1cncc(/C=C/C(=O)O)c1. The lowest BCUT2D eigenvalue weighted by molar-refractivity contribution is -0.131. The Balaban J connectivity index is 2.32. The van der Waals surface area contributed by atoms with Crippen molar-refractivity contribution >= 4 is 12.0 Å². The number of carboxylic acid groups (broad SMARTS) is 1. The van der Waals surface area contributed by atoms with Gasteiger partial charge in [-0.3, -0.25) is 4.98 Å². The first-order valence-corrected chi connectivity index (χ1v) is 6.09. The minimum Gasteiger partial charge on any atom is -0.478 e. The van der Waals surface area contributed by atoms with Crippen LogP contribution in [-0.2, 0) is 11.2 Å². The Morgan fingerprint density at radius 2 is 2.32 bits per heavy atom. The third-order valence-corrected chi connectivity index (χ3v) is 2.63. The molecule has 0 atom stereocenters. The summed E-state index contributed by atoms with van der Waals surface area (Å²) >= 11 is 0. The van der Waals surface area contributed by atoms with E-state index in [4.69, 9.17) is 5.11 Å². The van der Waals surface area contributed by atoms with Crippen molar-refractivity contribution in [1.29, 1.82) is 0 Å². The fraction of sp³-hybridized carbons (Fsp3) is 0.214. The molecule has 2 heterocycles. The zero-order valence-electron chi connectivity index (χ0n) is 10.7. The lowest BCUT2D eigenvalue weighted by atomic mass is 10.2. The van der Waals surface area contributed by atoms with E-state index in [0.717, 1.165) is 36.0 Å². The molecule has 5 nitrogen and oxygen atoms in total. The number of rotatable bonds is 5. The second kappa shape index (κ2) is 5.95. The number of nitrogens with zero attached hydrogens (tertiary/aromatic N) is 3. The number of aryl methyl sites for hydroxylation is 1. The van der Waals surface area contributed by atoms with Gasteiger partial charge in [0, 0.05) is 31.1 Å². The molecule has 0 aromatic carbocycles. The molecule has 0 aliphatic heterocycles. The zero-order chi connectivity index (χ0) is 13.7. The fourth-order valence-corrected chi connectivity index (χ4v) is 1.81. The Morgan fingerprint density at radius 1 is 1.47 bits per heavy atom. The maximum Gasteiger partial charge on any atom is 0.328 e. The molecule has 19 heavy (non-hydrogen) atoms. The highest BCUT2D eigenvalue weighted by Crippen LogP contribution is 2.13. The van der Waals surface area contributed by atoms with Crippen LogP contribution in [0, 0.1) is 0 Å². The van der Waals surface area contributed by atoms with Crippen molar-refractivity contribution < 1.29 is 9.90 Å². The molecular weight excluding hydrogens is 242 g/mol. The number of imidazole rings is 1. The van der Waals surface area contributed by atoms with Gasteiger partial charge in [0.25, 0.3) is 0 Å². The molecule has 5 heteroatoms. The molecule has 0 amide bonds. The molecule has 0 spiro atoms. The summed E-state index contributed by atoms with van der Waals surface area (Å²) in [7, 11) is 0. The van der Waals surface area contributed by atoms with Crippen LogP contribution in [0.3, 0.4) is 0 Å². The standard InChI is InChI=1S/C14H15N3O2/c1-2-3-13-16-6-7-17(13)12-8-11(9-15-10-12)4-5-14(18)19/h4-10H,2-3H2,1H3,(H,18,19)/b5-4+. The molecule has 0 bridgehead atoms. The second-order valence-corrected chi connectivity index (χ2v) is 4.11. The molecule has 0 fully saturated rings. The van der Waals surface area contributed by atoms with E-state index in [-0.39, 0.29) is 0 Å². The van der Waals surface area contributed by atoms with Crippen LogP contribution in [0.5, 0.6) is 0 Å². The predicted molar refractivity (Wildman–Crippen MR) is 72.0 cm³/mol. The highest BCUT2D eigenvalue weighted by molar-refractivity contribution is 5.85. The number of aromatic nitrogens is 3. The van der Waals surface area contributed by atoms with E-state index in [9.17, 15) is 4.79 Å². The van der Waals surface area contributed by atoms with Crippen LogP contribution in [0.2, 0.25) is 0 Å². The van der Waals surface area contributed by atoms with Crippen molar-refractivity contribution in [2.24, 2.45) is 0 Å². The van der Waals surface area contributed by atoms with Crippen LogP contribution in [0.1, 0.15) is 24.7 Å². The maximum atomic E-state index is 10.5. The first-order chi connectivity index (χ1) is 9.20. The van der Waals surface area contributed by atoms with Crippen LogP contribution < -0.4 is 0 Å². The highest BCUT2D eigenvalue weighted by atomic mass is 16.4. The molecule has 2 aromatic heterocycles. The average molecular weight is 257 g/mol. The number of aliphatic carboxylic acids is 1. The van der Waals surface area contributed by atoms with Crippen molar-refractivity contribution in [2.45, 2.75) is 19.8 Å².